The topological polar surface area (TPSA) is 85.1 Å². The molecule has 8 heteroatoms. The molecule has 0 bridgehead atoms. The first-order valence-electron chi connectivity index (χ1n) is 6.28. The van der Waals surface area contributed by atoms with Gasteiger partial charge < -0.3 is 5.73 Å². The monoisotopic (exact) mass is 329 g/mol. The quantitative estimate of drug-likeness (QED) is 0.826. The van der Waals surface area contributed by atoms with Crippen molar-refractivity contribution in [1.29, 1.82) is 0 Å². The van der Waals surface area contributed by atoms with Gasteiger partial charge in [0.05, 0.1) is 11.4 Å². The number of aromatic nitrogens is 1. The van der Waals surface area contributed by atoms with Crippen LogP contribution < -0.4 is 10.5 Å². The third kappa shape index (κ3) is 4.15. The van der Waals surface area contributed by atoms with Crippen LogP contribution in [-0.2, 0) is 10.0 Å². The molecule has 0 radical (unpaired) electrons. The molecule has 0 saturated heterocycles. The van der Waals surface area contributed by atoms with Crippen LogP contribution in [-0.4, -0.2) is 19.2 Å². The maximum absolute atomic E-state index is 13.8. The first kappa shape index (κ1) is 15.7. The van der Waals surface area contributed by atoms with Crippen molar-refractivity contribution in [1.82, 2.24) is 4.98 Å². The summed E-state index contributed by atoms with van der Waals surface area (Å²) < 4.78 is 39.9. The van der Waals surface area contributed by atoms with Gasteiger partial charge in [-0.25, -0.2) is 17.8 Å². The van der Waals surface area contributed by atoms with E-state index in [0.29, 0.717) is 11.4 Å². The fourth-order valence-corrected chi connectivity index (χ4v) is 4.20. The lowest BCUT2D eigenvalue weighted by Crippen LogP contribution is -2.19. The van der Waals surface area contributed by atoms with Gasteiger partial charge in [-0.1, -0.05) is 13.8 Å². The summed E-state index contributed by atoms with van der Waals surface area (Å²) >= 11 is 1.11. The first-order chi connectivity index (χ1) is 9.77. The van der Waals surface area contributed by atoms with Crippen molar-refractivity contribution in [3.63, 3.8) is 0 Å². The summed E-state index contributed by atoms with van der Waals surface area (Å²) in [6.45, 7) is 3.63. The van der Waals surface area contributed by atoms with Gasteiger partial charge in [-0.15, -0.1) is 11.3 Å². The average molecular weight is 329 g/mol. The summed E-state index contributed by atoms with van der Waals surface area (Å²) in [5, 5.41) is 1.82. The van der Waals surface area contributed by atoms with Crippen LogP contribution in [0.3, 0.4) is 0 Å². The van der Waals surface area contributed by atoms with E-state index in [9.17, 15) is 12.8 Å². The molecule has 114 valence electrons. The second-order valence-corrected chi connectivity index (χ2v) is 7.68. The van der Waals surface area contributed by atoms with E-state index in [2.05, 4.69) is 9.71 Å². The highest BCUT2D eigenvalue weighted by molar-refractivity contribution is 7.92. The molecule has 3 N–H and O–H groups in total. The number of nitrogens with zero attached hydrogens (tertiary/aromatic N) is 1. The lowest BCUT2D eigenvalue weighted by Gasteiger charge is -2.07. The smallest absolute Gasteiger partial charge is 0.234 e. The summed E-state index contributed by atoms with van der Waals surface area (Å²) in [6, 6.07) is 4.30. The molecule has 2 rings (SSSR count). The van der Waals surface area contributed by atoms with Crippen molar-refractivity contribution in [2.75, 3.05) is 16.2 Å². The van der Waals surface area contributed by atoms with E-state index in [1.165, 1.54) is 12.1 Å². The third-order valence-electron chi connectivity index (χ3n) is 2.57. The summed E-state index contributed by atoms with van der Waals surface area (Å²) in [4.78, 5) is 4.11. The minimum Gasteiger partial charge on any atom is -0.399 e. The lowest BCUT2D eigenvalue weighted by atomic mass is 10.1. The van der Waals surface area contributed by atoms with Crippen LogP contribution in [0, 0.1) is 11.7 Å². The van der Waals surface area contributed by atoms with Crippen molar-refractivity contribution in [3.05, 3.63) is 29.4 Å². The molecule has 0 aliphatic carbocycles. The maximum Gasteiger partial charge on any atom is 0.234 e. The summed E-state index contributed by atoms with van der Waals surface area (Å²) in [5.74, 6) is -0.466. The predicted octanol–water partition coefficient (Wildman–Crippen LogP) is 2.93. The molecule has 0 saturated carbocycles. The minimum absolute atomic E-state index is 0.0106. The highest BCUT2D eigenvalue weighted by Gasteiger charge is 2.16. The second kappa shape index (κ2) is 5.98. The van der Waals surface area contributed by atoms with E-state index in [0.717, 1.165) is 11.3 Å². The van der Waals surface area contributed by atoms with Crippen LogP contribution in [0.2, 0.25) is 0 Å². The largest absolute Gasteiger partial charge is 0.399 e. The van der Waals surface area contributed by atoms with Gasteiger partial charge in [-0.3, -0.25) is 4.72 Å². The molecule has 0 aliphatic rings. The van der Waals surface area contributed by atoms with E-state index in [-0.39, 0.29) is 22.4 Å². The molecule has 0 spiro atoms. The zero-order valence-electron chi connectivity index (χ0n) is 11.6. The minimum atomic E-state index is -3.44. The Bertz CT molecular complexity index is 742. The molecule has 0 amide bonds. The zero-order valence-corrected chi connectivity index (χ0v) is 13.3. The molecule has 21 heavy (non-hydrogen) atoms. The molecule has 0 atom stereocenters. The van der Waals surface area contributed by atoms with Crippen LogP contribution in [0.1, 0.15) is 13.8 Å². The van der Waals surface area contributed by atoms with E-state index >= 15 is 0 Å². The molecule has 0 fully saturated rings. The van der Waals surface area contributed by atoms with E-state index in [1.807, 2.05) is 13.8 Å². The number of anilines is 2. The normalized spacial score (nSPS) is 11.8. The van der Waals surface area contributed by atoms with Crippen molar-refractivity contribution < 1.29 is 12.8 Å². The lowest BCUT2D eigenvalue weighted by molar-refractivity contribution is 0.587. The number of sulfonamides is 1. The fourth-order valence-electron chi connectivity index (χ4n) is 1.80. The number of rotatable bonds is 5. The Morgan fingerprint density at radius 2 is 2.14 bits per heavy atom. The second-order valence-electron chi connectivity index (χ2n) is 5.05. The van der Waals surface area contributed by atoms with Gasteiger partial charge >= 0.3 is 0 Å². The molecule has 0 unspecified atom stereocenters. The van der Waals surface area contributed by atoms with Gasteiger partial charge in [0.1, 0.15) is 5.82 Å². The standard InChI is InChI=1S/C13H16FN3O2S2/c1-8(2)7-21(18,19)17-13-16-12(6-20-13)10-4-3-9(15)5-11(10)14/h3-6,8H,7,15H2,1-2H3,(H,16,17). The SMILES string of the molecule is CC(C)CS(=O)(=O)Nc1nc(-c2ccc(N)cc2F)cs1. The highest BCUT2D eigenvalue weighted by atomic mass is 32.2. The van der Waals surface area contributed by atoms with Gasteiger partial charge in [0.15, 0.2) is 5.13 Å². The zero-order chi connectivity index (χ0) is 15.6. The number of nitrogen functional groups attached to an aromatic ring is 1. The molecule has 1 heterocycles. The summed E-state index contributed by atoms with van der Waals surface area (Å²) in [6.07, 6.45) is 0. The van der Waals surface area contributed by atoms with Crippen molar-refractivity contribution in [2.24, 2.45) is 5.92 Å². The third-order valence-corrected chi connectivity index (χ3v) is 5.07. The first-order valence-corrected chi connectivity index (χ1v) is 8.81. The van der Waals surface area contributed by atoms with Gasteiger partial charge in [0.25, 0.3) is 0 Å². The van der Waals surface area contributed by atoms with Gasteiger partial charge in [-0.2, -0.15) is 0 Å². The maximum atomic E-state index is 13.8. The van der Waals surface area contributed by atoms with Crippen LogP contribution in [0.5, 0.6) is 0 Å². The number of halogens is 1. The van der Waals surface area contributed by atoms with E-state index in [4.69, 9.17) is 5.73 Å². The molecular formula is C13H16FN3O2S2. The van der Waals surface area contributed by atoms with Gasteiger partial charge in [-0.05, 0) is 24.1 Å². The molecule has 1 aromatic heterocycles. The Morgan fingerprint density at radius 3 is 2.76 bits per heavy atom. The molecule has 2 aromatic rings. The number of benzene rings is 1. The number of nitrogens with two attached hydrogens (primary N) is 1. The van der Waals surface area contributed by atoms with Gasteiger partial charge in [0, 0.05) is 16.6 Å². The van der Waals surface area contributed by atoms with Crippen molar-refractivity contribution in [3.8, 4) is 11.3 Å². The Kier molecular flexibility index (Phi) is 4.48. The molecule has 1 aromatic carbocycles. The van der Waals surface area contributed by atoms with Gasteiger partial charge in [0.2, 0.25) is 10.0 Å². The number of hydrogen-bond acceptors (Lipinski definition) is 5. The average Bonchev–Trinajstić information content (AvgIpc) is 2.74. The van der Waals surface area contributed by atoms with Crippen molar-refractivity contribution in [2.45, 2.75) is 13.8 Å². The van der Waals surface area contributed by atoms with E-state index in [1.54, 1.807) is 11.4 Å². The highest BCUT2D eigenvalue weighted by Crippen LogP contribution is 2.28. The van der Waals surface area contributed by atoms with Crippen LogP contribution in [0.25, 0.3) is 11.3 Å². The van der Waals surface area contributed by atoms with Crippen LogP contribution >= 0.6 is 11.3 Å². The van der Waals surface area contributed by atoms with Crippen LogP contribution in [0.15, 0.2) is 23.6 Å². The van der Waals surface area contributed by atoms with Crippen LogP contribution in [0.4, 0.5) is 15.2 Å². The Labute approximate surface area is 127 Å². The Balaban J connectivity index is 2.22. The Hall–Kier alpha value is -1.67. The fraction of sp³-hybridized carbons (Fsp3) is 0.308. The van der Waals surface area contributed by atoms with Crippen molar-refractivity contribution >= 4 is 32.2 Å². The van der Waals surface area contributed by atoms with E-state index < -0.39 is 15.8 Å². The Morgan fingerprint density at radius 1 is 1.43 bits per heavy atom. The summed E-state index contributed by atoms with van der Waals surface area (Å²) in [7, 11) is -3.44. The molecule has 0 aliphatic heterocycles. The number of thiazole rings is 1. The summed E-state index contributed by atoms with van der Waals surface area (Å²) in [5.41, 5.74) is 6.48. The predicted molar refractivity (Wildman–Crippen MR) is 84.2 cm³/mol. The number of hydrogen-bond donors (Lipinski definition) is 2. The molecule has 5 nitrogen and oxygen atoms in total. The molecular weight excluding hydrogens is 313 g/mol. The number of nitrogens with one attached hydrogen (secondary N) is 1.